The van der Waals surface area contributed by atoms with Crippen molar-refractivity contribution in [3.05, 3.63) is 35.0 Å². The van der Waals surface area contributed by atoms with E-state index in [0.29, 0.717) is 5.02 Å². The monoisotopic (exact) mass is 305 g/mol. The topological polar surface area (TPSA) is 28.5 Å². The zero-order valence-corrected chi connectivity index (χ0v) is 13.2. The molecule has 0 saturated carbocycles. The number of aryl methyl sites for hydroxylation is 1. The number of carbonyl (C=O) groups is 1. The van der Waals surface area contributed by atoms with Crippen LogP contribution in [0.2, 0.25) is 5.02 Å². The molecule has 0 bridgehead atoms. The van der Waals surface area contributed by atoms with Gasteiger partial charge in [-0.05, 0) is 24.7 Å². The molecule has 1 aliphatic rings. The summed E-state index contributed by atoms with van der Waals surface area (Å²) in [5.74, 6) is 0.112. The SMILES string of the molecule is CCN1CCN(C(=O)c2cc3ccc(Cl)cc3n2C)CC1. The molecule has 21 heavy (non-hydrogen) atoms. The van der Waals surface area contributed by atoms with E-state index in [-0.39, 0.29) is 5.91 Å². The molecule has 1 fully saturated rings. The molecule has 1 amide bonds. The number of hydrogen-bond acceptors (Lipinski definition) is 2. The number of fused-ring (bicyclic) bond motifs is 1. The van der Waals surface area contributed by atoms with Gasteiger partial charge in [0.25, 0.3) is 5.91 Å². The van der Waals surface area contributed by atoms with Crippen LogP contribution in [0.3, 0.4) is 0 Å². The molecule has 1 saturated heterocycles. The maximum absolute atomic E-state index is 12.7. The van der Waals surface area contributed by atoms with Crippen molar-refractivity contribution in [3.8, 4) is 0 Å². The summed E-state index contributed by atoms with van der Waals surface area (Å²) in [6.07, 6.45) is 0. The van der Waals surface area contributed by atoms with Crippen molar-refractivity contribution >= 4 is 28.4 Å². The second-order valence-corrected chi connectivity index (χ2v) is 5.95. The van der Waals surface area contributed by atoms with Gasteiger partial charge >= 0.3 is 0 Å². The number of halogens is 1. The quantitative estimate of drug-likeness (QED) is 0.853. The number of amides is 1. The van der Waals surface area contributed by atoms with Gasteiger partial charge in [0.15, 0.2) is 0 Å². The fourth-order valence-electron chi connectivity index (χ4n) is 2.94. The second-order valence-electron chi connectivity index (χ2n) is 5.52. The van der Waals surface area contributed by atoms with Gasteiger partial charge in [0.1, 0.15) is 5.69 Å². The summed E-state index contributed by atoms with van der Waals surface area (Å²) < 4.78 is 1.94. The Balaban J connectivity index is 1.87. The van der Waals surface area contributed by atoms with Gasteiger partial charge in [-0.25, -0.2) is 0 Å². The first-order valence-electron chi connectivity index (χ1n) is 7.36. The van der Waals surface area contributed by atoms with E-state index in [4.69, 9.17) is 11.6 Å². The van der Waals surface area contributed by atoms with Gasteiger partial charge in [-0.15, -0.1) is 0 Å². The molecular formula is C16H20ClN3O. The molecular weight excluding hydrogens is 286 g/mol. The molecule has 0 unspecified atom stereocenters. The molecule has 4 nitrogen and oxygen atoms in total. The number of aromatic nitrogens is 1. The van der Waals surface area contributed by atoms with Crippen molar-refractivity contribution in [1.82, 2.24) is 14.4 Å². The van der Waals surface area contributed by atoms with E-state index in [1.54, 1.807) is 0 Å². The molecule has 0 atom stereocenters. The normalized spacial score (nSPS) is 16.6. The average Bonchev–Trinajstić information content (AvgIpc) is 2.83. The smallest absolute Gasteiger partial charge is 0.270 e. The molecule has 1 aliphatic heterocycles. The Morgan fingerprint density at radius 2 is 1.90 bits per heavy atom. The molecule has 2 aromatic rings. The summed E-state index contributed by atoms with van der Waals surface area (Å²) in [4.78, 5) is 17.0. The second kappa shape index (κ2) is 5.70. The summed E-state index contributed by atoms with van der Waals surface area (Å²) in [6, 6.07) is 7.69. The highest BCUT2D eigenvalue weighted by Crippen LogP contribution is 2.23. The molecule has 5 heteroatoms. The average molecular weight is 306 g/mol. The lowest BCUT2D eigenvalue weighted by atomic mass is 10.2. The number of piperazine rings is 1. The van der Waals surface area contributed by atoms with Crippen LogP contribution in [0.5, 0.6) is 0 Å². The van der Waals surface area contributed by atoms with Crippen molar-refractivity contribution in [3.63, 3.8) is 0 Å². The van der Waals surface area contributed by atoms with Gasteiger partial charge < -0.3 is 14.4 Å². The van der Waals surface area contributed by atoms with Crippen molar-refractivity contribution < 1.29 is 4.79 Å². The number of carbonyl (C=O) groups excluding carboxylic acids is 1. The molecule has 0 spiro atoms. The van der Waals surface area contributed by atoms with Gasteiger partial charge in [-0.2, -0.15) is 0 Å². The lowest BCUT2D eigenvalue weighted by molar-refractivity contribution is 0.0634. The maximum atomic E-state index is 12.7. The molecule has 2 heterocycles. The summed E-state index contributed by atoms with van der Waals surface area (Å²) in [6.45, 7) is 6.72. The minimum absolute atomic E-state index is 0.112. The van der Waals surface area contributed by atoms with Crippen LogP contribution < -0.4 is 0 Å². The van der Waals surface area contributed by atoms with Crippen LogP contribution in [-0.4, -0.2) is 53.0 Å². The largest absolute Gasteiger partial charge is 0.340 e. The lowest BCUT2D eigenvalue weighted by Gasteiger charge is -2.34. The van der Waals surface area contributed by atoms with Crippen LogP contribution in [0, 0.1) is 0 Å². The van der Waals surface area contributed by atoms with Crippen LogP contribution >= 0.6 is 11.6 Å². The molecule has 0 radical (unpaired) electrons. The number of rotatable bonds is 2. The highest BCUT2D eigenvalue weighted by Gasteiger charge is 2.23. The third-order valence-corrected chi connectivity index (χ3v) is 4.57. The van der Waals surface area contributed by atoms with E-state index in [0.717, 1.165) is 49.3 Å². The molecule has 3 rings (SSSR count). The minimum Gasteiger partial charge on any atom is -0.340 e. The van der Waals surface area contributed by atoms with Crippen molar-refractivity contribution in [2.75, 3.05) is 32.7 Å². The Bertz CT molecular complexity index is 671. The molecule has 112 valence electrons. The Hall–Kier alpha value is -1.52. The summed E-state index contributed by atoms with van der Waals surface area (Å²) in [5, 5.41) is 1.75. The first-order chi connectivity index (χ1) is 10.1. The van der Waals surface area contributed by atoms with Gasteiger partial charge in [-0.1, -0.05) is 24.6 Å². The predicted molar refractivity (Wildman–Crippen MR) is 85.9 cm³/mol. The van der Waals surface area contributed by atoms with Crippen LogP contribution in [-0.2, 0) is 7.05 Å². The van der Waals surface area contributed by atoms with Crippen LogP contribution in [0.25, 0.3) is 10.9 Å². The van der Waals surface area contributed by atoms with Crippen molar-refractivity contribution in [2.45, 2.75) is 6.92 Å². The highest BCUT2D eigenvalue weighted by molar-refractivity contribution is 6.31. The molecule has 0 N–H and O–H groups in total. The van der Waals surface area contributed by atoms with Crippen LogP contribution in [0.4, 0.5) is 0 Å². The minimum atomic E-state index is 0.112. The third kappa shape index (κ3) is 2.65. The first-order valence-corrected chi connectivity index (χ1v) is 7.74. The van der Waals surface area contributed by atoms with Gasteiger partial charge in [0.05, 0.1) is 0 Å². The maximum Gasteiger partial charge on any atom is 0.270 e. The standard InChI is InChI=1S/C16H20ClN3O/c1-3-19-6-8-20(9-7-19)16(21)15-10-12-4-5-13(17)11-14(12)18(15)2/h4-5,10-11H,3,6-9H2,1-2H3. The molecule has 0 aliphatic carbocycles. The van der Waals surface area contributed by atoms with Gasteiger partial charge in [0.2, 0.25) is 0 Å². The number of nitrogens with zero attached hydrogens (tertiary/aromatic N) is 3. The zero-order chi connectivity index (χ0) is 15.0. The van der Waals surface area contributed by atoms with E-state index in [1.807, 2.05) is 40.8 Å². The lowest BCUT2D eigenvalue weighted by Crippen LogP contribution is -2.48. The van der Waals surface area contributed by atoms with E-state index in [1.165, 1.54) is 0 Å². The predicted octanol–water partition coefficient (Wildman–Crippen LogP) is 2.61. The Morgan fingerprint density at radius 1 is 1.19 bits per heavy atom. The van der Waals surface area contributed by atoms with Gasteiger partial charge in [-0.3, -0.25) is 4.79 Å². The van der Waals surface area contributed by atoms with E-state index >= 15 is 0 Å². The fraction of sp³-hybridized carbons (Fsp3) is 0.438. The zero-order valence-electron chi connectivity index (χ0n) is 12.5. The fourth-order valence-corrected chi connectivity index (χ4v) is 3.10. The van der Waals surface area contributed by atoms with Crippen LogP contribution in [0.1, 0.15) is 17.4 Å². The molecule has 1 aromatic carbocycles. The highest BCUT2D eigenvalue weighted by atomic mass is 35.5. The van der Waals surface area contributed by atoms with E-state index in [9.17, 15) is 4.79 Å². The van der Waals surface area contributed by atoms with E-state index in [2.05, 4.69) is 11.8 Å². The molecule has 1 aromatic heterocycles. The van der Waals surface area contributed by atoms with Crippen molar-refractivity contribution in [2.24, 2.45) is 7.05 Å². The number of hydrogen-bond donors (Lipinski definition) is 0. The summed E-state index contributed by atoms with van der Waals surface area (Å²) in [7, 11) is 1.92. The number of likely N-dealkylation sites (N-methyl/N-ethyl adjacent to an activating group) is 1. The summed E-state index contributed by atoms with van der Waals surface area (Å²) >= 11 is 6.05. The first kappa shape index (κ1) is 14.4. The van der Waals surface area contributed by atoms with E-state index < -0.39 is 0 Å². The van der Waals surface area contributed by atoms with Crippen LogP contribution in [0.15, 0.2) is 24.3 Å². The Kier molecular flexibility index (Phi) is 3.91. The number of benzene rings is 1. The third-order valence-electron chi connectivity index (χ3n) is 4.33. The van der Waals surface area contributed by atoms with Crippen molar-refractivity contribution in [1.29, 1.82) is 0 Å². The van der Waals surface area contributed by atoms with Gasteiger partial charge in [0, 0.05) is 49.2 Å². The Morgan fingerprint density at radius 3 is 2.57 bits per heavy atom. The Labute approximate surface area is 129 Å². The summed E-state index contributed by atoms with van der Waals surface area (Å²) in [5.41, 5.74) is 1.73.